The van der Waals surface area contributed by atoms with Crippen molar-refractivity contribution in [3.63, 3.8) is 0 Å². The molecule has 4 fully saturated rings. The van der Waals surface area contributed by atoms with E-state index in [4.69, 9.17) is 0 Å². The zero-order valence-electron chi connectivity index (χ0n) is 44.9. The number of carbonyl (C=O) groups is 3. The summed E-state index contributed by atoms with van der Waals surface area (Å²) < 4.78 is 55.0. The maximum Gasteiger partial charge on any atom is 0.255 e. The number of para-hydroxylation sites is 2. The van der Waals surface area contributed by atoms with Crippen LogP contribution in [-0.2, 0) is 41.6 Å². The van der Waals surface area contributed by atoms with Crippen LogP contribution in [0.1, 0.15) is 154 Å². The van der Waals surface area contributed by atoms with Crippen molar-refractivity contribution in [3.8, 4) is 0 Å². The van der Waals surface area contributed by atoms with Crippen LogP contribution in [-0.4, -0.2) is 97.6 Å². The Hall–Kier alpha value is -4.60. The molecule has 11 nitrogen and oxygen atoms in total. The number of nitrogens with one attached hydrogen (secondary N) is 1. The van der Waals surface area contributed by atoms with E-state index in [1.54, 1.807) is 23.2 Å². The van der Waals surface area contributed by atoms with Gasteiger partial charge in [-0.15, -0.1) is 12.4 Å². The first kappa shape index (κ1) is 60.3. The van der Waals surface area contributed by atoms with E-state index in [1.165, 1.54) is 12.8 Å². The second-order valence-corrected chi connectivity index (χ2v) is 21.8. The molecule has 8 rings (SSSR count). The van der Waals surface area contributed by atoms with Crippen LogP contribution in [0, 0.1) is 11.8 Å². The number of nitrogens with zero attached hydrogens (tertiary/aromatic N) is 5. The van der Waals surface area contributed by atoms with E-state index in [0.717, 1.165) is 85.9 Å². The molecule has 0 bridgehead atoms. The maximum absolute atomic E-state index is 14.0. The number of alkyl halides is 4. The predicted molar refractivity (Wildman–Crippen MR) is 290 cm³/mol. The fraction of sp³-hybridized carbons (Fsp3) is 0.638. The lowest BCUT2D eigenvalue weighted by Crippen LogP contribution is -2.53. The van der Waals surface area contributed by atoms with Crippen LogP contribution in [0.3, 0.4) is 0 Å². The Morgan fingerprint density at radius 2 is 1.07 bits per heavy atom. The largest absolute Gasteiger partial charge is 0.332 e. The maximum atomic E-state index is 14.0. The summed E-state index contributed by atoms with van der Waals surface area (Å²) in [6, 6.07) is 19.4. The van der Waals surface area contributed by atoms with E-state index in [0.29, 0.717) is 56.7 Å². The van der Waals surface area contributed by atoms with E-state index in [9.17, 15) is 41.5 Å². The van der Waals surface area contributed by atoms with Crippen LogP contribution in [0.25, 0.3) is 21.8 Å². The van der Waals surface area contributed by atoms with Gasteiger partial charge in [0.05, 0.1) is 24.1 Å². The Kier molecular flexibility index (Phi) is 21.9. The van der Waals surface area contributed by atoms with Crippen molar-refractivity contribution in [1.82, 2.24) is 29.2 Å². The van der Waals surface area contributed by atoms with Crippen LogP contribution in [0.5, 0.6) is 0 Å². The Balaban J connectivity index is 0.000000239. The topological polar surface area (TPSA) is 117 Å². The molecule has 2 saturated carbocycles. The molecule has 1 N–H and O–H groups in total. The number of benzene rings is 2. The second kappa shape index (κ2) is 26.9. The van der Waals surface area contributed by atoms with Gasteiger partial charge >= 0.3 is 0 Å². The third-order valence-electron chi connectivity index (χ3n) is 16.8. The molecule has 2 unspecified atom stereocenters. The van der Waals surface area contributed by atoms with Gasteiger partial charge in [-0.3, -0.25) is 19.2 Å². The van der Waals surface area contributed by atoms with Gasteiger partial charge in [-0.2, -0.15) is 0 Å². The SMILES string of the molecule is CCC(C)(CC=O)N(Cc1cc2ccccc2n(C)c1=O)C(=O)C1CCCCC1.CCC(C)(CCN1CCC(F)(F)CC1)N(Cc1cc2ccccc2n(C)c1=O)C(=O)C1CCCCC1.Cl.FC1(F)CCNCC1. The predicted octanol–water partition coefficient (Wildman–Crippen LogP) is 11.4. The molecule has 2 atom stereocenters. The number of rotatable bonds is 15. The third kappa shape index (κ3) is 15.3. The Bertz CT molecular complexity index is 2600. The number of aldehydes is 1. The summed E-state index contributed by atoms with van der Waals surface area (Å²) in [6.45, 7) is 11.0. The highest BCUT2D eigenvalue weighted by molar-refractivity contribution is 5.85. The van der Waals surface area contributed by atoms with E-state index in [2.05, 4.69) is 24.1 Å². The van der Waals surface area contributed by atoms with Crippen molar-refractivity contribution in [2.45, 2.75) is 179 Å². The summed E-state index contributed by atoms with van der Waals surface area (Å²) in [6.07, 6.45) is 13.3. The normalized spacial score (nSPS) is 19.8. The second-order valence-electron chi connectivity index (χ2n) is 21.8. The molecule has 2 aromatic carbocycles. The van der Waals surface area contributed by atoms with Crippen molar-refractivity contribution < 1.29 is 31.9 Å². The first-order valence-corrected chi connectivity index (χ1v) is 27.2. The van der Waals surface area contributed by atoms with Gasteiger partial charge in [0.15, 0.2) is 0 Å². The summed E-state index contributed by atoms with van der Waals surface area (Å²) in [4.78, 5) is 71.3. The van der Waals surface area contributed by atoms with E-state index in [-0.39, 0.29) is 92.4 Å². The van der Waals surface area contributed by atoms with Gasteiger partial charge in [0, 0.05) is 113 Å². The molecule has 2 aliphatic carbocycles. The number of pyridine rings is 2. The van der Waals surface area contributed by atoms with E-state index >= 15 is 0 Å². The first-order chi connectivity index (χ1) is 34.7. The van der Waals surface area contributed by atoms with Crippen LogP contribution >= 0.6 is 12.4 Å². The summed E-state index contributed by atoms with van der Waals surface area (Å²) in [5.74, 6) is -4.74. The number of aryl methyl sites for hydroxylation is 2. The minimum absolute atomic E-state index is 0. The average Bonchev–Trinajstić information content (AvgIpc) is 3.40. The molecular weight excluding hydrogens is 972 g/mol. The highest BCUT2D eigenvalue weighted by atomic mass is 35.5. The van der Waals surface area contributed by atoms with Crippen LogP contribution in [0.4, 0.5) is 17.6 Å². The molecule has 2 saturated heterocycles. The molecule has 2 amide bonds. The minimum Gasteiger partial charge on any atom is -0.332 e. The fourth-order valence-electron chi connectivity index (χ4n) is 11.2. The first-order valence-electron chi connectivity index (χ1n) is 27.2. The van der Waals surface area contributed by atoms with E-state index < -0.39 is 22.9 Å². The number of amides is 2. The molecule has 16 heteroatoms. The Morgan fingerprint density at radius 1 is 0.662 bits per heavy atom. The van der Waals surface area contributed by atoms with Gasteiger partial charge in [0.1, 0.15) is 6.29 Å². The molecule has 0 spiro atoms. The molecule has 410 valence electrons. The molecule has 4 aromatic rings. The summed E-state index contributed by atoms with van der Waals surface area (Å²) in [5.41, 5.74) is 1.74. The number of hydrogen-bond acceptors (Lipinski definition) is 7. The fourth-order valence-corrected chi connectivity index (χ4v) is 11.2. The molecule has 4 aliphatic rings. The number of fused-ring (bicyclic) bond motifs is 2. The lowest BCUT2D eigenvalue weighted by atomic mass is 9.84. The van der Waals surface area contributed by atoms with Crippen molar-refractivity contribution in [2.24, 2.45) is 25.9 Å². The molecule has 4 heterocycles. The molecule has 2 aliphatic heterocycles. The van der Waals surface area contributed by atoms with Gasteiger partial charge < -0.3 is 33.9 Å². The molecule has 74 heavy (non-hydrogen) atoms. The summed E-state index contributed by atoms with van der Waals surface area (Å²) >= 11 is 0. The van der Waals surface area contributed by atoms with Gasteiger partial charge in [0.2, 0.25) is 11.8 Å². The molecule has 0 radical (unpaired) electrons. The highest BCUT2D eigenvalue weighted by Gasteiger charge is 2.41. The zero-order valence-corrected chi connectivity index (χ0v) is 45.7. The van der Waals surface area contributed by atoms with Crippen molar-refractivity contribution in [3.05, 3.63) is 92.5 Å². The lowest BCUT2D eigenvalue weighted by Gasteiger charge is -2.44. The van der Waals surface area contributed by atoms with E-state index in [1.807, 2.05) is 84.3 Å². The number of hydrogen-bond donors (Lipinski definition) is 1. The molecular formula is C58H83ClF4N6O5. The van der Waals surface area contributed by atoms with Crippen LogP contribution in [0.2, 0.25) is 0 Å². The third-order valence-corrected chi connectivity index (χ3v) is 16.8. The smallest absolute Gasteiger partial charge is 0.255 e. The Labute approximate surface area is 442 Å². The van der Waals surface area contributed by atoms with Crippen LogP contribution < -0.4 is 16.4 Å². The van der Waals surface area contributed by atoms with Crippen molar-refractivity contribution in [2.75, 3.05) is 32.7 Å². The standard InChI is InChI=1S/C29H41F2N3O2.C24H32N2O3.C5H9F2N.ClH/c1-4-28(2,14-17-33-18-15-29(30,31)16-19-33)34(27(36)22-10-6-5-7-11-22)21-24-20-23-12-8-9-13-25(23)32(3)26(24)35;1-4-24(2,14-15-27)26(23(29)18-10-6-5-7-11-18)17-20-16-19-12-8-9-13-21(19)25(3)22(20)28;6-5(7)1-3-8-4-2-5;/h8-9,12-13,20,22H,4-7,10-11,14-19,21H2,1-3H3;8-9,12-13,15-16,18H,4-7,10-11,14,17H2,1-3H3;8H,1-4H2;1H. The zero-order chi connectivity index (χ0) is 53.0. The van der Waals surface area contributed by atoms with Gasteiger partial charge in [-0.1, -0.05) is 88.8 Å². The van der Waals surface area contributed by atoms with Crippen molar-refractivity contribution in [1.29, 1.82) is 0 Å². The number of piperidine rings is 2. The monoisotopic (exact) mass is 1050 g/mol. The van der Waals surface area contributed by atoms with Crippen LogP contribution in [0.15, 0.2) is 70.3 Å². The van der Waals surface area contributed by atoms with Crippen molar-refractivity contribution >= 4 is 52.3 Å². The highest BCUT2D eigenvalue weighted by Crippen LogP contribution is 2.35. The van der Waals surface area contributed by atoms with Gasteiger partial charge in [0.25, 0.3) is 23.0 Å². The average molecular weight is 1060 g/mol. The van der Waals surface area contributed by atoms with Gasteiger partial charge in [-0.05, 0) is 93.8 Å². The number of likely N-dealkylation sites (tertiary alicyclic amines) is 1. The quantitative estimate of drug-likeness (QED) is 0.0931. The lowest BCUT2D eigenvalue weighted by molar-refractivity contribution is -0.145. The number of aromatic nitrogens is 2. The minimum atomic E-state index is -2.57. The summed E-state index contributed by atoms with van der Waals surface area (Å²) in [7, 11) is 3.55. The van der Waals surface area contributed by atoms with Gasteiger partial charge in [-0.25, -0.2) is 17.6 Å². The summed E-state index contributed by atoms with van der Waals surface area (Å²) in [5, 5.41) is 4.81. The Morgan fingerprint density at radius 3 is 1.46 bits per heavy atom. The molecule has 2 aromatic heterocycles. The number of halogens is 5. The number of carbonyl (C=O) groups excluding carboxylic acids is 3.